The van der Waals surface area contributed by atoms with Crippen LogP contribution in [0.25, 0.3) is 11.5 Å². The quantitative estimate of drug-likeness (QED) is 0.809. The summed E-state index contributed by atoms with van der Waals surface area (Å²) in [7, 11) is 1.64. The van der Waals surface area contributed by atoms with Crippen molar-refractivity contribution in [2.75, 3.05) is 26.9 Å². The number of hydrogen-bond acceptors (Lipinski definition) is 7. The second-order valence-corrected chi connectivity index (χ2v) is 4.82. The van der Waals surface area contributed by atoms with Crippen molar-refractivity contribution in [1.82, 2.24) is 20.4 Å². The van der Waals surface area contributed by atoms with Gasteiger partial charge in [0.15, 0.2) is 0 Å². The van der Waals surface area contributed by atoms with Crippen molar-refractivity contribution in [3.05, 3.63) is 24.2 Å². The first-order valence-electron chi connectivity index (χ1n) is 7.02. The monoisotopic (exact) mass is 290 g/mol. The fourth-order valence-electron chi connectivity index (χ4n) is 2.24. The molecule has 21 heavy (non-hydrogen) atoms. The highest BCUT2D eigenvalue weighted by Gasteiger charge is 2.23. The van der Waals surface area contributed by atoms with Gasteiger partial charge in [-0.25, -0.2) is 0 Å². The van der Waals surface area contributed by atoms with Crippen LogP contribution in [0, 0.1) is 0 Å². The van der Waals surface area contributed by atoms with Gasteiger partial charge in [0.25, 0.3) is 0 Å². The number of pyridine rings is 1. The minimum atomic E-state index is 0.160. The first-order chi connectivity index (χ1) is 10.4. The van der Waals surface area contributed by atoms with Crippen LogP contribution in [0.1, 0.15) is 24.8 Å². The summed E-state index contributed by atoms with van der Waals surface area (Å²) >= 11 is 0. The van der Waals surface area contributed by atoms with Crippen LogP contribution in [-0.2, 0) is 4.74 Å². The highest BCUT2D eigenvalue weighted by molar-refractivity contribution is 5.50. The van der Waals surface area contributed by atoms with Gasteiger partial charge in [0.05, 0.1) is 12.6 Å². The van der Waals surface area contributed by atoms with Crippen LogP contribution < -0.4 is 10.1 Å². The maximum atomic E-state index is 5.55. The summed E-state index contributed by atoms with van der Waals surface area (Å²) < 4.78 is 15.8. The molecule has 0 amide bonds. The molecule has 1 unspecified atom stereocenters. The third-order valence-corrected chi connectivity index (χ3v) is 3.32. The topological polar surface area (TPSA) is 82.3 Å². The summed E-state index contributed by atoms with van der Waals surface area (Å²) in [5.74, 6) is 1.81. The number of hydrogen-bond donors (Lipinski definition) is 1. The number of ether oxygens (including phenoxy) is 2. The molecule has 7 heteroatoms. The molecule has 0 aliphatic carbocycles. The van der Waals surface area contributed by atoms with E-state index in [4.69, 9.17) is 14.0 Å². The van der Waals surface area contributed by atoms with Crippen LogP contribution in [0.2, 0.25) is 0 Å². The van der Waals surface area contributed by atoms with Gasteiger partial charge in [0.1, 0.15) is 18.1 Å². The van der Waals surface area contributed by atoms with Gasteiger partial charge < -0.3 is 19.3 Å². The van der Waals surface area contributed by atoms with Crippen LogP contribution in [0.4, 0.5) is 0 Å². The van der Waals surface area contributed by atoms with Gasteiger partial charge in [0.2, 0.25) is 11.7 Å². The lowest BCUT2D eigenvalue weighted by molar-refractivity contribution is 0.146. The fraction of sp³-hybridized carbons (Fsp3) is 0.500. The van der Waals surface area contributed by atoms with Gasteiger partial charge in [-0.05, 0) is 25.5 Å². The molecule has 0 saturated carbocycles. The van der Waals surface area contributed by atoms with Gasteiger partial charge >= 0.3 is 0 Å². The van der Waals surface area contributed by atoms with E-state index in [9.17, 15) is 0 Å². The van der Waals surface area contributed by atoms with Crippen LogP contribution >= 0.6 is 0 Å². The molecule has 1 N–H and O–H groups in total. The average Bonchev–Trinajstić information content (AvgIpc) is 3.19. The molecule has 0 spiro atoms. The second-order valence-electron chi connectivity index (χ2n) is 4.82. The van der Waals surface area contributed by atoms with E-state index in [1.54, 1.807) is 25.4 Å². The van der Waals surface area contributed by atoms with E-state index in [0.717, 1.165) is 19.4 Å². The average molecular weight is 290 g/mol. The second kappa shape index (κ2) is 6.64. The predicted octanol–water partition coefficient (Wildman–Crippen LogP) is 1.58. The van der Waals surface area contributed by atoms with E-state index in [0.29, 0.717) is 36.4 Å². The van der Waals surface area contributed by atoms with Gasteiger partial charge in [-0.15, -0.1) is 0 Å². The number of methoxy groups -OCH3 is 1. The third-order valence-electron chi connectivity index (χ3n) is 3.32. The maximum absolute atomic E-state index is 5.55. The highest BCUT2D eigenvalue weighted by Crippen LogP contribution is 2.24. The number of rotatable bonds is 6. The molecule has 1 aliphatic rings. The van der Waals surface area contributed by atoms with E-state index in [1.165, 1.54) is 0 Å². The normalized spacial score (nSPS) is 18.0. The standard InChI is InChI=1S/C14H18N4O3/c1-19-7-8-20-10-4-6-16-12(9-10)13-17-14(21-18-13)11-3-2-5-15-11/h4,6,9,11,15H,2-3,5,7-8H2,1H3. The van der Waals surface area contributed by atoms with E-state index in [2.05, 4.69) is 20.4 Å². The molecule has 1 fully saturated rings. The molecule has 7 nitrogen and oxygen atoms in total. The minimum Gasteiger partial charge on any atom is -0.491 e. The van der Waals surface area contributed by atoms with Gasteiger partial charge in [-0.3, -0.25) is 4.98 Å². The Kier molecular flexibility index (Phi) is 4.42. The molecule has 112 valence electrons. The molecule has 2 aromatic heterocycles. The number of nitrogens with one attached hydrogen (secondary N) is 1. The Balaban J connectivity index is 1.72. The van der Waals surface area contributed by atoms with Crippen molar-refractivity contribution in [2.24, 2.45) is 0 Å². The van der Waals surface area contributed by atoms with E-state index in [1.807, 2.05) is 0 Å². The Hall–Kier alpha value is -1.99. The molecule has 3 rings (SSSR count). The molecule has 0 bridgehead atoms. The zero-order valence-corrected chi connectivity index (χ0v) is 11.9. The Bertz CT molecular complexity index is 581. The largest absolute Gasteiger partial charge is 0.491 e. The summed E-state index contributed by atoms with van der Waals surface area (Å²) in [4.78, 5) is 8.68. The van der Waals surface area contributed by atoms with Crippen molar-refractivity contribution >= 4 is 0 Å². The molecule has 1 saturated heterocycles. The molecular formula is C14H18N4O3. The van der Waals surface area contributed by atoms with Crippen molar-refractivity contribution in [2.45, 2.75) is 18.9 Å². The lowest BCUT2D eigenvalue weighted by atomic mass is 10.2. The molecule has 2 aromatic rings. The Morgan fingerprint density at radius 2 is 2.38 bits per heavy atom. The summed E-state index contributed by atoms with van der Waals surface area (Å²) in [6.45, 7) is 2.02. The summed E-state index contributed by atoms with van der Waals surface area (Å²) in [6.07, 6.45) is 3.82. The molecule has 3 heterocycles. The molecule has 0 radical (unpaired) electrons. The molecule has 1 aliphatic heterocycles. The van der Waals surface area contributed by atoms with Gasteiger partial charge in [-0.2, -0.15) is 4.98 Å². The molecular weight excluding hydrogens is 272 g/mol. The van der Waals surface area contributed by atoms with Crippen LogP contribution in [0.3, 0.4) is 0 Å². The van der Waals surface area contributed by atoms with E-state index < -0.39 is 0 Å². The van der Waals surface area contributed by atoms with Crippen molar-refractivity contribution in [3.63, 3.8) is 0 Å². The summed E-state index contributed by atoms with van der Waals surface area (Å²) in [5, 5.41) is 7.33. The first kappa shape index (κ1) is 14.0. The van der Waals surface area contributed by atoms with Crippen LogP contribution in [0.5, 0.6) is 5.75 Å². The van der Waals surface area contributed by atoms with Gasteiger partial charge in [0, 0.05) is 19.4 Å². The molecule has 0 aromatic carbocycles. The zero-order valence-electron chi connectivity index (χ0n) is 11.9. The number of nitrogens with zero attached hydrogens (tertiary/aromatic N) is 3. The van der Waals surface area contributed by atoms with Crippen molar-refractivity contribution < 1.29 is 14.0 Å². The van der Waals surface area contributed by atoms with Crippen LogP contribution in [-0.4, -0.2) is 42.0 Å². The Morgan fingerprint density at radius 3 is 3.19 bits per heavy atom. The van der Waals surface area contributed by atoms with Crippen molar-refractivity contribution in [1.29, 1.82) is 0 Å². The zero-order chi connectivity index (χ0) is 14.5. The fourth-order valence-corrected chi connectivity index (χ4v) is 2.24. The first-order valence-corrected chi connectivity index (χ1v) is 7.02. The van der Waals surface area contributed by atoms with E-state index >= 15 is 0 Å². The summed E-state index contributed by atoms with van der Waals surface area (Å²) in [6, 6.07) is 3.75. The number of aromatic nitrogens is 3. The SMILES string of the molecule is COCCOc1ccnc(-c2noc(C3CCCN3)n2)c1. The smallest absolute Gasteiger partial charge is 0.244 e. The van der Waals surface area contributed by atoms with Gasteiger partial charge in [-0.1, -0.05) is 5.16 Å². The lowest BCUT2D eigenvalue weighted by Gasteiger charge is -2.05. The third kappa shape index (κ3) is 3.37. The predicted molar refractivity (Wildman–Crippen MR) is 74.9 cm³/mol. The minimum absolute atomic E-state index is 0.160. The lowest BCUT2D eigenvalue weighted by Crippen LogP contribution is -2.12. The van der Waals surface area contributed by atoms with Crippen LogP contribution in [0.15, 0.2) is 22.9 Å². The maximum Gasteiger partial charge on any atom is 0.244 e. The van der Waals surface area contributed by atoms with Crippen molar-refractivity contribution in [3.8, 4) is 17.3 Å². The molecule has 1 atom stereocenters. The Morgan fingerprint density at radius 1 is 1.43 bits per heavy atom. The van der Waals surface area contributed by atoms with E-state index in [-0.39, 0.29) is 6.04 Å². The highest BCUT2D eigenvalue weighted by atomic mass is 16.5. The Labute approximate surface area is 122 Å². The summed E-state index contributed by atoms with van der Waals surface area (Å²) in [5.41, 5.74) is 0.637.